The van der Waals surface area contributed by atoms with Gasteiger partial charge in [-0.25, -0.2) is 0 Å². The van der Waals surface area contributed by atoms with Crippen molar-refractivity contribution < 1.29 is 9.47 Å². The molecule has 2 aromatic rings. The smallest absolute Gasteiger partial charge is 0.161 e. The Morgan fingerprint density at radius 2 is 1.68 bits per heavy atom. The fourth-order valence-electron chi connectivity index (χ4n) is 3.02. The highest BCUT2D eigenvalue weighted by molar-refractivity contribution is 5.45. The maximum absolute atomic E-state index is 6.56. The summed E-state index contributed by atoms with van der Waals surface area (Å²) in [5.41, 5.74) is 8.94. The van der Waals surface area contributed by atoms with Gasteiger partial charge in [0.25, 0.3) is 0 Å². The number of rotatable bonds is 4. The molecule has 0 spiro atoms. The van der Waals surface area contributed by atoms with E-state index in [1.54, 1.807) is 0 Å². The minimum absolute atomic E-state index is 0.0513. The van der Waals surface area contributed by atoms with Gasteiger partial charge in [-0.1, -0.05) is 43.3 Å². The number of hydrogen-bond acceptors (Lipinski definition) is 3. The molecule has 0 aliphatic carbocycles. The molecule has 0 aromatic heterocycles. The van der Waals surface area contributed by atoms with E-state index in [9.17, 15) is 0 Å². The quantitative estimate of drug-likeness (QED) is 0.926. The highest BCUT2D eigenvalue weighted by atomic mass is 16.5. The molecular weight excluding hydrogens is 274 g/mol. The molecule has 0 saturated carbocycles. The molecule has 2 unspecified atom stereocenters. The Balaban J connectivity index is 1.87. The lowest BCUT2D eigenvalue weighted by molar-refractivity contribution is 0.297. The summed E-state index contributed by atoms with van der Waals surface area (Å²) < 4.78 is 11.5. The highest BCUT2D eigenvalue weighted by Gasteiger charge is 2.21. The van der Waals surface area contributed by atoms with Crippen LogP contribution >= 0.6 is 0 Å². The number of ether oxygens (including phenoxy) is 2. The Morgan fingerprint density at radius 1 is 0.955 bits per heavy atom. The standard InChI is InChI=1S/C19H23NO2/c1-2-16(14-7-4-3-5-8-14)19(20)15-9-10-17-18(13-15)22-12-6-11-21-17/h3-5,7-10,13,16,19H,2,6,11-12,20H2,1H3. The zero-order chi connectivity index (χ0) is 15.4. The lowest BCUT2D eigenvalue weighted by atomic mass is 9.85. The minimum Gasteiger partial charge on any atom is -0.490 e. The summed E-state index contributed by atoms with van der Waals surface area (Å²) >= 11 is 0. The number of hydrogen-bond donors (Lipinski definition) is 1. The van der Waals surface area contributed by atoms with Gasteiger partial charge < -0.3 is 15.2 Å². The first-order chi connectivity index (χ1) is 10.8. The van der Waals surface area contributed by atoms with E-state index in [0.29, 0.717) is 19.1 Å². The van der Waals surface area contributed by atoms with Crippen LogP contribution in [0.1, 0.15) is 42.9 Å². The van der Waals surface area contributed by atoms with E-state index in [1.807, 2.05) is 18.2 Å². The Hall–Kier alpha value is -2.00. The van der Waals surface area contributed by atoms with Crippen LogP contribution < -0.4 is 15.2 Å². The molecule has 1 aliphatic heterocycles. The van der Waals surface area contributed by atoms with Gasteiger partial charge in [-0.05, 0) is 29.7 Å². The fourth-order valence-corrected chi connectivity index (χ4v) is 3.02. The van der Waals surface area contributed by atoms with Crippen LogP contribution in [0.3, 0.4) is 0 Å². The number of benzene rings is 2. The van der Waals surface area contributed by atoms with Gasteiger partial charge in [0, 0.05) is 18.4 Å². The van der Waals surface area contributed by atoms with Crippen LogP contribution in [0.5, 0.6) is 11.5 Å². The first kappa shape index (κ1) is 14.9. The largest absolute Gasteiger partial charge is 0.490 e. The summed E-state index contributed by atoms with van der Waals surface area (Å²) in [5.74, 6) is 1.93. The maximum Gasteiger partial charge on any atom is 0.161 e. The Morgan fingerprint density at radius 3 is 2.41 bits per heavy atom. The second-order valence-electron chi connectivity index (χ2n) is 5.71. The third kappa shape index (κ3) is 3.09. The molecule has 1 heterocycles. The van der Waals surface area contributed by atoms with Gasteiger partial charge in [-0.2, -0.15) is 0 Å². The Kier molecular flexibility index (Phi) is 4.64. The van der Waals surface area contributed by atoms with Crippen molar-refractivity contribution in [2.45, 2.75) is 31.7 Å². The SMILES string of the molecule is CCC(c1ccccc1)C(N)c1ccc2c(c1)OCCCO2. The van der Waals surface area contributed by atoms with Gasteiger partial charge in [-0.3, -0.25) is 0 Å². The van der Waals surface area contributed by atoms with Gasteiger partial charge in [0.15, 0.2) is 11.5 Å². The summed E-state index contributed by atoms with van der Waals surface area (Å²) in [7, 11) is 0. The summed E-state index contributed by atoms with van der Waals surface area (Å²) in [5, 5.41) is 0. The fraction of sp³-hybridized carbons (Fsp3) is 0.368. The van der Waals surface area contributed by atoms with E-state index in [0.717, 1.165) is 29.9 Å². The first-order valence-corrected chi connectivity index (χ1v) is 7.99. The van der Waals surface area contributed by atoms with Crippen LogP contribution in [0.15, 0.2) is 48.5 Å². The van der Waals surface area contributed by atoms with Crippen molar-refractivity contribution >= 4 is 0 Å². The van der Waals surface area contributed by atoms with Gasteiger partial charge in [0.05, 0.1) is 13.2 Å². The van der Waals surface area contributed by atoms with Crippen molar-refractivity contribution in [1.29, 1.82) is 0 Å². The van der Waals surface area contributed by atoms with Crippen LogP contribution in [0.2, 0.25) is 0 Å². The molecule has 0 radical (unpaired) electrons. The molecule has 3 heteroatoms. The molecule has 0 amide bonds. The monoisotopic (exact) mass is 297 g/mol. The second kappa shape index (κ2) is 6.84. The van der Waals surface area contributed by atoms with Crippen LogP contribution in [-0.4, -0.2) is 13.2 Å². The van der Waals surface area contributed by atoms with Crippen LogP contribution in [-0.2, 0) is 0 Å². The van der Waals surface area contributed by atoms with Crippen molar-refractivity contribution in [2.75, 3.05) is 13.2 Å². The van der Waals surface area contributed by atoms with Crippen molar-refractivity contribution in [1.82, 2.24) is 0 Å². The summed E-state index contributed by atoms with van der Waals surface area (Å²) in [4.78, 5) is 0. The zero-order valence-corrected chi connectivity index (χ0v) is 13.0. The molecule has 3 nitrogen and oxygen atoms in total. The van der Waals surface area contributed by atoms with Gasteiger partial charge >= 0.3 is 0 Å². The molecule has 1 aliphatic rings. The molecule has 0 fully saturated rings. The van der Waals surface area contributed by atoms with Gasteiger partial charge in [-0.15, -0.1) is 0 Å². The van der Waals surface area contributed by atoms with Crippen molar-refractivity contribution in [3.8, 4) is 11.5 Å². The molecular formula is C19H23NO2. The summed E-state index contributed by atoms with van der Waals surface area (Å²) in [6.07, 6.45) is 1.91. The first-order valence-electron chi connectivity index (χ1n) is 7.99. The summed E-state index contributed by atoms with van der Waals surface area (Å²) in [6, 6.07) is 16.5. The predicted octanol–water partition coefficient (Wildman–Crippen LogP) is 4.04. The third-order valence-corrected chi connectivity index (χ3v) is 4.26. The molecule has 22 heavy (non-hydrogen) atoms. The lowest BCUT2D eigenvalue weighted by Crippen LogP contribution is -2.19. The predicted molar refractivity (Wildman–Crippen MR) is 88.5 cm³/mol. The Bertz CT molecular complexity index is 612. The average Bonchev–Trinajstić information content (AvgIpc) is 2.81. The van der Waals surface area contributed by atoms with Gasteiger partial charge in [0.2, 0.25) is 0 Å². The van der Waals surface area contributed by atoms with E-state index >= 15 is 0 Å². The van der Waals surface area contributed by atoms with E-state index in [1.165, 1.54) is 5.56 Å². The molecule has 0 bridgehead atoms. The van der Waals surface area contributed by atoms with E-state index in [2.05, 4.69) is 37.3 Å². The highest BCUT2D eigenvalue weighted by Crippen LogP contribution is 2.37. The van der Waals surface area contributed by atoms with Crippen molar-refractivity contribution in [2.24, 2.45) is 5.73 Å². The Labute approximate surface area is 132 Å². The molecule has 2 aromatic carbocycles. The normalized spacial score (nSPS) is 16.6. The van der Waals surface area contributed by atoms with Gasteiger partial charge in [0.1, 0.15) is 0 Å². The molecule has 116 valence electrons. The molecule has 2 atom stereocenters. The third-order valence-electron chi connectivity index (χ3n) is 4.26. The second-order valence-corrected chi connectivity index (χ2v) is 5.71. The number of nitrogens with two attached hydrogens (primary N) is 1. The van der Waals surface area contributed by atoms with E-state index < -0.39 is 0 Å². The summed E-state index contributed by atoms with van der Waals surface area (Å²) in [6.45, 7) is 3.59. The van der Waals surface area contributed by atoms with Crippen LogP contribution in [0, 0.1) is 0 Å². The van der Waals surface area contributed by atoms with Crippen molar-refractivity contribution in [3.05, 3.63) is 59.7 Å². The average molecular weight is 297 g/mol. The van der Waals surface area contributed by atoms with Crippen molar-refractivity contribution in [3.63, 3.8) is 0 Å². The van der Waals surface area contributed by atoms with E-state index in [4.69, 9.17) is 15.2 Å². The minimum atomic E-state index is -0.0513. The lowest BCUT2D eigenvalue weighted by Gasteiger charge is -2.24. The molecule has 2 N–H and O–H groups in total. The molecule has 3 rings (SSSR count). The zero-order valence-electron chi connectivity index (χ0n) is 13.0. The van der Waals surface area contributed by atoms with E-state index in [-0.39, 0.29) is 6.04 Å². The van der Waals surface area contributed by atoms with Crippen LogP contribution in [0.25, 0.3) is 0 Å². The topological polar surface area (TPSA) is 44.5 Å². The number of fused-ring (bicyclic) bond motifs is 1. The van der Waals surface area contributed by atoms with Crippen LogP contribution in [0.4, 0.5) is 0 Å². The molecule has 0 saturated heterocycles. The maximum atomic E-state index is 6.56.